The van der Waals surface area contributed by atoms with E-state index in [1.54, 1.807) is 6.07 Å². The third kappa shape index (κ3) is 2.02. The summed E-state index contributed by atoms with van der Waals surface area (Å²) in [5.74, 6) is 0.300. The Labute approximate surface area is 112 Å². The number of halogens is 3. The van der Waals surface area contributed by atoms with Gasteiger partial charge in [-0.25, -0.2) is 0 Å². The van der Waals surface area contributed by atoms with Gasteiger partial charge in [-0.2, -0.15) is 13.2 Å². The lowest BCUT2D eigenvalue weighted by molar-refractivity contribution is -0.137. The molecule has 1 aliphatic heterocycles. The molecule has 1 aromatic carbocycles. The highest BCUT2D eigenvalue weighted by Gasteiger charge is 2.47. The molecule has 2 nitrogen and oxygen atoms in total. The predicted molar refractivity (Wildman–Crippen MR) is 67.1 cm³/mol. The quantitative estimate of drug-likeness (QED) is 0.783. The molecule has 1 N–H and O–H groups in total. The van der Waals surface area contributed by atoms with E-state index in [4.69, 9.17) is 0 Å². The van der Waals surface area contributed by atoms with Gasteiger partial charge in [-0.1, -0.05) is 12.5 Å². The largest absolute Gasteiger partial charge is 0.418 e. The fourth-order valence-corrected chi connectivity index (χ4v) is 3.85. The van der Waals surface area contributed by atoms with Gasteiger partial charge in [0.15, 0.2) is 0 Å². The van der Waals surface area contributed by atoms with E-state index in [1.165, 1.54) is 17.8 Å². The first-order valence-corrected chi connectivity index (χ1v) is 7.05. The van der Waals surface area contributed by atoms with Crippen molar-refractivity contribution in [3.05, 3.63) is 23.8 Å². The number of benzene rings is 1. The third-order valence-electron chi connectivity index (χ3n) is 3.87. The van der Waals surface area contributed by atoms with Gasteiger partial charge in [0.25, 0.3) is 0 Å². The normalized spacial score (nSPS) is 21.3. The van der Waals surface area contributed by atoms with Crippen LogP contribution in [0.3, 0.4) is 0 Å². The predicted octanol–water partition coefficient (Wildman–Crippen LogP) is 3.92. The van der Waals surface area contributed by atoms with E-state index in [0.29, 0.717) is 10.6 Å². The number of thioether (sulfide) groups is 1. The molecule has 1 fully saturated rings. The van der Waals surface area contributed by atoms with Crippen LogP contribution in [0.2, 0.25) is 0 Å². The molecule has 1 aliphatic carbocycles. The molecule has 0 unspecified atom stereocenters. The maximum absolute atomic E-state index is 13.0. The molecule has 6 heteroatoms. The number of hydrogen-bond donors (Lipinski definition) is 1. The van der Waals surface area contributed by atoms with Crippen molar-refractivity contribution in [2.75, 3.05) is 11.1 Å². The zero-order chi connectivity index (χ0) is 13.7. The Morgan fingerprint density at radius 2 is 2.00 bits per heavy atom. The summed E-state index contributed by atoms with van der Waals surface area (Å²) in [7, 11) is 0. The standard InChI is InChI=1S/C13H12F3NOS/c14-13(15,16)8-3-1-4-9-10(8)17-11(18)12(7-19-9)5-2-6-12/h1,3-4H,2,5-7H2,(H,17,18). The second-order valence-corrected chi connectivity index (χ2v) is 6.07. The second kappa shape index (κ2) is 4.16. The molecule has 2 aliphatic rings. The molecule has 3 rings (SSSR count). The number of nitrogens with one attached hydrogen (secondary N) is 1. The van der Waals surface area contributed by atoms with E-state index >= 15 is 0 Å². The first-order chi connectivity index (χ1) is 8.92. The van der Waals surface area contributed by atoms with Gasteiger partial charge in [-0.3, -0.25) is 4.79 Å². The number of alkyl halides is 3. The van der Waals surface area contributed by atoms with Gasteiger partial charge in [-0.15, -0.1) is 11.8 Å². The van der Waals surface area contributed by atoms with Crippen LogP contribution in [-0.4, -0.2) is 11.7 Å². The average molecular weight is 287 g/mol. The molecule has 0 aromatic heterocycles. The monoisotopic (exact) mass is 287 g/mol. The van der Waals surface area contributed by atoms with Crippen LogP contribution in [0.4, 0.5) is 18.9 Å². The number of anilines is 1. The smallest absolute Gasteiger partial charge is 0.324 e. The van der Waals surface area contributed by atoms with Crippen molar-refractivity contribution in [1.29, 1.82) is 0 Å². The first kappa shape index (κ1) is 12.8. The van der Waals surface area contributed by atoms with E-state index in [2.05, 4.69) is 5.32 Å². The van der Waals surface area contributed by atoms with Gasteiger partial charge < -0.3 is 5.32 Å². The Kier molecular flexibility index (Phi) is 2.81. The van der Waals surface area contributed by atoms with Crippen LogP contribution in [0, 0.1) is 5.41 Å². The lowest BCUT2D eigenvalue weighted by Crippen LogP contribution is -2.43. The Morgan fingerprint density at radius 1 is 1.26 bits per heavy atom. The van der Waals surface area contributed by atoms with Crippen LogP contribution in [0.25, 0.3) is 0 Å². The molecule has 1 spiro atoms. The highest BCUT2D eigenvalue weighted by molar-refractivity contribution is 7.99. The minimum atomic E-state index is -4.45. The summed E-state index contributed by atoms with van der Waals surface area (Å²) >= 11 is 1.34. The topological polar surface area (TPSA) is 29.1 Å². The van der Waals surface area contributed by atoms with Gasteiger partial charge in [0, 0.05) is 10.6 Å². The van der Waals surface area contributed by atoms with Crippen LogP contribution >= 0.6 is 11.8 Å². The Hall–Kier alpha value is -1.17. The molecule has 1 saturated carbocycles. The van der Waals surface area contributed by atoms with Crippen LogP contribution in [0.5, 0.6) is 0 Å². The molecule has 0 radical (unpaired) electrons. The van der Waals surface area contributed by atoms with E-state index in [9.17, 15) is 18.0 Å². The molecule has 1 amide bonds. The molecular weight excluding hydrogens is 275 g/mol. The van der Waals surface area contributed by atoms with E-state index in [0.717, 1.165) is 25.3 Å². The summed E-state index contributed by atoms with van der Waals surface area (Å²) in [6.45, 7) is 0. The van der Waals surface area contributed by atoms with Gasteiger partial charge in [0.2, 0.25) is 5.91 Å². The summed E-state index contributed by atoms with van der Waals surface area (Å²) in [5.41, 5.74) is -1.30. The molecule has 0 saturated heterocycles. The van der Waals surface area contributed by atoms with Crippen LogP contribution in [0.15, 0.2) is 23.1 Å². The number of fused-ring (bicyclic) bond motifs is 1. The SMILES string of the molecule is O=C1Nc2c(cccc2C(F)(F)F)SCC12CCC2. The van der Waals surface area contributed by atoms with Gasteiger partial charge in [-0.05, 0) is 25.0 Å². The first-order valence-electron chi connectivity index (χ1n) is 6.07. The minimum absolute atomic E-state index is 0.0752. The highest BCUT2D eigenvalue weighted by Crippen LogP contribution is 2.50. The van der Waals surface area contributed by atoms with Crippen molar-refractivity contribution in [1.82, 2.24) is 0 Å². The number of amides is 1. The second-order valence-electron chi connectivity index (χ2n) is 5.05. The fraction of sp³-hybridized carbons (Fsp3) is 0.462. The van der Waals surface area contributed by atoms with E-state index in [-0.39, 0.29) is 11.6 Å². The van der Waals surface area contributed by atoms with Crippen LogP contribution in [-0.2, 0) is 11.0 Å². The summed E-state index contributed by atoms with van der Waals surface area (Å²) in [4.78, 5) is 12.7. The van der Waals surface area contributed by atoms with Crippen molar-refractivity contribution >= 4 is 23.4 Å². The number of hydrogen-bond acceptors (Lipinski definition) is 2. The van der Waals surface area contributed by atoms with Crippen LogP contribution < -0.4 is 5.32 Å². The van der Waals surface area contributed by atoms with E-state index < -0.39 is 17.2 Å². The van der Waals surface area contributed by atoms with Crippen molar-refractivity contribution in [3.63, 3.8) is 0 Å². The van der Waals surface area contributed by atoms with E-state index in [1.807, 2.05) is 0 Å². The molecule has 1 aromatic rings. The summed E-state index contributed by atoms with van der Waals surface area (Å²) in [6, 6.07) is 4.03. The summed E-state index contributed by atoms with van der Waals surface area (Å²) in [5, 5.41) is 2.51. The van der Waals surface area contributed by atoms with Crippen molar-refractivity contribution in [2.24, 2.45) is 5.41 Å². The molecule has 102 valence electrons. The van der Waals surface area contributed by atoms with Crippen LogP contribution in [0.1, 0.15) is 24.8 Å². The van der Waals surface area contributed by atoms with Crippen molar-refractivity contribution in [3.8, 4) is 0 Å². The average Bonchev–Trinajstić information content (AvgIpc) is 2.42. The Bertz CT molecular complexity index is 537. The Balaban J connectivity index is 2.04. The summed E-state index contributed by atoms with van der Waals surface area (Å²) < 4.78 is 38.9. The van der Waals surface area contributed by atoms with Gasteiger partial charge in [0.05, 0.1) is 16.7 Å². The molecule has 1 heterocycles. The lowest BCUT2D eigenvalue weighted by Gasteiger charge is -2.38. The maximum Gasteiger partial charge on any atom is 0.418 e. The zero-order valence-electron chi connectivity index (χ0n) is 10.0. The van der Waals surface area contributed by atoms with Gasteiger partial charge >= 0.3 is 6.18 Å². The highest BCUT2D eigenvalue weighted by atomic mass is 32.2. The maximum atomic E-state index is 13.0. The molecule has 0 atom stereocenters. The Morgan fingerprint density at radius 3 is 2.58 bits per heavy atom. The number of para-hydroxylation sites is 1. The summed E-state index contributed by atoms with van der Waals surface area (Å²) in [6.07, 6.45) is -1.95. The molecule has 19 heavy (non-hydrogen) atoms. The molecular formula is C13H12F3NOS. The number of carbonyl (C=O) groups is 1. The van der Waals surface area contributed by atoms with Crippen molar-refractivity contribution < 1.29 is 18.0 Å². The van der Waals surface area contributed by atoms with Gasteiger partial charge in [0.1, 0.15) is 0 Å². The zero-order valence-corrected chi connectivity index (χ0v) is 10.8. The number of rotatable bonds is 0. The third-order valence-corrected chi connectivity index (χ3v) is 5.21. The van der Waals surface area contributed by atoms with Crippen molar-refractivity contribution in [2.45, 2.75) is 30.3 Å². The number of carbonyl (C=O) groups excluding carboxylic acids is 1. The lowest BCUT2D eigenvalue weighted by atomic mass is 9.69. The molecule has 0 bridgehead atoms. The fourth-order valence-electron chi connectivity index (χ4n) is 2.52. The minimum Gasteiger partial charge on any atom is -0.324 e.